The molecule has 0 aliphatic heterocycles. The summed E-state index contributed by atoms with van der Waals surface area (Å²) in [6, 6.07) is 7.34. The fraction of sp³-hybridized carbons (Fsp3) is 0. The summed E-state index contributed by atoms with van der Waals surface area (Å²) in [6.45, 7) is 0. The van der Waals surface area contributed by atoms with Crippen LogP contribution in [-0.4, -0.2) is 15.0 Å². The molecule has 0 saturated carbocycles. The maximum atomic E-state index is 13.9. The Morgan fingerprint density at radius 1 is 0.913 bits per heavy atom. The van der Waals surface area contributed by atoms with Crippen LogP contribution in [0.1, 0.15) is 0 Å². The average Bonchev–Trinajstić information content (AvgIpc) is 2.56. The van der Waals surface area contributed by atoms with E-state index in [2.05, 4.69) is 15.0 Å². The Balaban J connectivity index is 2.04. The van der Waals surface area contributed by atoms with Crippen LogP contribution in [0, 0.1) is 11.6 Å². The lowest BCUT2D eigenvalue weighted by Gasteiger charge is -2.11. The van der Waals surface area contributed by atoms with Gasteiger partial charge in [0.25, 0.3) is 0 Å². The van der Waals surface area contributed by atoms with Crippen LogP contribution < -0.4 is 16.2 Å². The first-order valence-corrected chi connectivity index (χ1v) is 6.51. The van der Waals surface area contributed by atoms with Crippen molar-refractivity contribution in [2.45, 2.75) is 0 Å². The maximum absolute atomic E-state index is 13.9. The Bertz CT molecular complexity index is 872. The number of benzene rings is 1. The highest BCUT2D eigenvalue weighted by Crippen LogP contribution is 2.33. The van der Waals surface area contributed by atoms with E-state index in [9.17, 15) is 8.78 Å². The molecule has 0 unspecified atom stereocenters. The molecule has 2 aromatic heterocycles. The van der Waals surface area contributed by atoms with E-state index < -0.39 is 11.6 Å². The molecule has 0 aliphatic rings. The summed E-state index contributed by atoms with van der Waals surface area (Å²) in [6.07, 6.45) is 2.92. The normalized spacial score (nSPS) is 10.5. The van der Waals surface area contributed by atoms with Crippen molar-refractivity contribution in [3.63, 3.8) is 0 Å². The highest BCUT2D eigenvalue weighted by Gasteiger charge is 2.16. The number of nitrogens with zero attached hydrogens (tertiary/aromatic N) is 3. The summed E-state index contributed by atoms with van der Waals surface area (Å²) in [7, 11) is 0. The molecular weight excluding hydrogens is 304 g/mol. The van der Waals surface area contributed by atoms with Crippen molar-refractivity contribution in [1.29, 1.82) is 0 Å². The third-order valence-electron chi connectivity index (χ3n) is 3.00. The van der Waals surface area contributed by atoms with Gasteiger partial charge in [0.05, 0.1) is 16.9 Å². The standard InChI is InChI=1S/C15H11F2N5O/c16-12-9(18)3-4-11(13(12)17)23-14-8(2-1-6-20-14)10-5-7-21-15(19)22-10/h1-7H,18H2,(H2,19,21,22). The summed E-state index contributed by atoms with van der Waals surface area (Å²) in [5, 5.41) is 0. The number of hydrogen-bond acceptors (Lipinski definition) is 6. The molecule has 0 aliphatic carbocycles. The predicted octanol–water partition coefficient (Wildman–Crippen LogP) is 2.77. The van der Waals surface area contributed by atoms with Gasteiger partial charge in [-0.15, -0.1) is 0 Å². The molecule has 0 fully saturated rings. The molecule has 0 amide bonds. The minimum Gasteiger partial charge on any atom is -0.435 e. The molecule has 0 spiro atoms. The van der Waals surface area contributed by atoms with Crippen LogP contribution in [0.3, 0.4) is 0 Å². The largest absolute Gasteiger partial charge is 0.435 e. The molecule has 0 bridgehead atoms. The van der Waals surface area contributed by atoms with E-state index in [4.69, 9.17) is 16.2 Å². The lowest BCUT2D eigenvalue weighted by molar-refractivity contribution is 0.408. The van der Waals surface area contributed by atoms with E-state index in [-0.39, 0.29) is 23.3 Å². The molecular formula is C15H11F2N5O. The number of aromatic nitrogens is 3. The monoisotopic (exact) mass is 315 g/mol. The Labute approximate surface area is 129 Å². The van der Waals surface area contributed by atoms with Gasteiger partial charge in [0.15, 0.2) is 11.6 Å². The fourth-order valence-corrected chi connectivity index (χ4v) is 1.92. The molecule has 0 radical (unpaired) electrons. The maximum Gasteiger partial charge on any atom is 0.228 e. The van der Waals surface area contributed by atoms with Crippen LogP contribution >= 0.6 is 0 Å². The molecule has 0 saturated heterocycles. The van der Waals surface area contributed by atoms with E-state index in [1.807, 2.05) is 0 Å². The van der Waals surface area contributed by atoms with Crippen molar-refractivity contribution >= 4 is 11.6 Å². The van der Waals surface area contributed by atoms with Gasteiger partial charge in [0, 0.05) is 12.4 Å². The zero-order valence-electron chi connectivity index (χ0n) is 11.7. The summed E-state index contributed by atoms with van der Waals surface area (Å²) < 4.78 is 32.8. The second-order valence-electron chi connectivity index (χ2n) is 4.54. The zero-order valence-corrected chi connectivity index (χ0v) is 11.7. The smallest absolute Gasteiger partial charge is 0.228 e. The average molecular weight is 315 g/mol. The predicted molar refractivity (Wildman–Crippen MR) is 80.5 cm³/mol. The molecule has 8 heteroatoms. The summed E-state index contributed by atoms with van der Waals surface area (Å²) in [5.74, 6) is -2.58. The highest BCUT2D eigenvalue weighted by atomic mass is 19.2. The van der Waals surface area contributed by atoms with E-state index in [1.54, 1.807) is 18.2 Å². The minimum atomic E-state index is -1.19. The summed E-state index contributed by atoms with van der Waals surface area (Å²) in [5.41, 5.74) is 11.4. The third-order valence-corrected chi connectivity index (χ3v) is 3.00. The van der Waals surface area contributed by atoms with Crippen LogP contribution in [0.2, 0.25) is 0 Å². The van der Waals surface area contributed by atoms with Crippen molar-refractivity contribution in [1.82, 2.24) is 15.0 Å². The lowest BCUT2D eigenvalue weighted by Crippen LogP contribution is -2.00. The van der Waals surface area contributed by atoms with Gasteiger partial charge in [-0.1, -0.05) is 0 Å². The van der Waals surface area contributed by atoms with Crippen LogP contribution in [0.4, 0.5) is 20.4 Å². The number of ether oxygens (including phenoxy) is 1. The number of hydrogen-bond donors (Lipinski definition) is 2. The van der Waals surface area contributed by atoms with E-state index in [1.165, 1.54) is 24.5 Å². The number of pyridine rings is 1. The molecule has 1 aromatic carbocycles. The number of rotatable bonds is 3. The lowest BCUT2D eigenvalue weighted by atomic mass is 10.2. The third kappa shape index (κ3) is 2.86. The first-order valence-electron chi connectivity index (χ1n) is 6.51. The first-order chi connectivity index (χ1) is 11.1. The molecule has 4 N–H and O–H groups in total. The topological polar surface area (TPSA) is 99.9 Å². The van der Waals surface area contributed by atoms with Gasteiger partial charge in [0.1, 0.15) is 0 Å². The van der Waals surface area contributed by atoms with Gasteiger partial charge in [0.2, 0.25) is 17.6 Å². The molecule has 2 heterocycles. The van der Waals surface area contributed by atoms with Gasteiger partial charge < -0.3 is 16.2 Å². The van der Waals surface area contributed by atoms with Crippen molar-refractivity contribution < 1.29 is 13.5 Å². The molecule has 23 heavy (non-hydrogen) atoms. The fourth-order valence-electron chi connectivity index (χ4n) is 1.92. The minimum absolute atomic E-state index is 0.0497. The van der Waals surface area contributed by atoms with E-state index >= 15 is 0 Å². The van der Waals surface area contributed by atoms with Gasteiger partial charge in [-0.3, -0.25) is 0 Å². The Morgan fingerprint density at radius 2 is 1.74 bits per heavy atom. The molecule has 3 rings (SSSR count). The van der Waals surface area contributed by atoms with Crippen molar-refractivity contribution in [2.75, 3.05) is 11.5 Å². The quantitative estimate of drug-likeness (QED) is 0.721. The van der Waals surface area contributed by atoms with Gasteiger partial charge in [-0.25, -0.2) is 19.3 Å². The zero-order chi connectivity index (χ0) is 16.4. The van der Waals surface area contributed by atoms with Gasteiger partial charge in [-0.05, 0) is 30.3 Å². The Kier molecular flexibility index (Phi) is 3.71. The molecule has 6 nitrogen and oxygen atoms in total. The van der Waals surface area contributed by atoms with Crippen LogP contribution in [0.15, 0.2) is 42.7 Å². The molecule has 116 valence electrons. The van der Waals surface area contributed by atoms with Crippen molar-refractivity contribution in [3.05, 3.63) is 54.4 Å². The Morgan fingerprint density at radius 3 is 2.52 bits per heavy atom. The number of anilines is 2. The van der Waals surface area contributed by atoms with Gasteiger partial charge >= 0.3 is 0 Å². The van der Waals surface area contributed by atoms with Gasteiger partial charge in [-0.2, -0.15) is 4.39 Å². The van der Waals surface area contributed by atoms with Crippen molar-refractivity contribution in [2.24, 2.45) is 0 Å². The number of nitrogen functional groups attached to an aromatic ring is 2. The number of halogens is 2. The molecule has 0 atom stereocenters. The second-order valence-corrected chi connectivity index (χ2v) is 4.54. The van der Waals surface area contributed by atoms with E-state index in [0.29, 0.717) is 11.3 Å². The summed E-state index contributed by atoms with van der Waals surface area (Å²) >= 11 is 0. The second kappa shape index (κ2) is 5.84. The SMILES string of the molecule is Nc1nccc(-c2cccnc2Oc2ccc(N)c(F)c2F)n1. The van der Waals surface area contributed by atoms with E-state index in [0.717, 1.165) is 0 Å². The molecule has 3 aromatic rings. The number of nitrogens with two attached hydrogens (primary N) is 2. The van der Waals surface area contributed by atoms with Crippen LogP contribution in [-0.2, 0) is 0 Å². The van der Waals surface area contributed by atoms with Crippen LogP contribution in [0.5, 0.6) is 11.6 Å². The Hall–Kier alpha value is -3.29. The van der Waals surface area contributed by atoms with Crippen LogP contribution in [0.25, 0.3) is 11.3 Å². The van der Waals surface area contributed by atoms with Crippen molar-refractivity contribution in [3.8, 4) is 22.9 Å². The first kappa shape index (κ1) is 14.6. The summed E-state index contributed by atoms with van der Waals surface area (Å²) in [4.78, 5) is 11.9. The highest BCUT2D eigenvalue weighted by molar-refractivity contribution is 5.65.